The van der Waals surface area contributed by atoms with Gasteiger partial charge < -0.3 is 16.2 Å². The van der Waals surface area contributed by atoms with E-state index >= 15 is 0 Å². The van der Waals surface area contributed by atoms with E-state index in [-0.39, 0.29) is 24.4 Å². The van der Waals surface area contributed by atoms with Gasteiger partial charge in [-0.2, -0.15) is 0 Å². The normalized spacial score (nSPS) is 17.0. The summed E-state index contributed by atoms with van der Waals surface area (Å²) in [5.41, 5.74) is 7.06. The predicted octanol–water partition coefficient (Wildman–Crippen LogP) is 1.84. The molecule has 1 aromatic rings. The molecule has 0 aromatic heterocycles. The number of carboxylic acid groups (broad SMARTS) is 1. The lowest BCUT2D eigenvalue weighted by Gasteiger charge is -2.17. The quantitative estimate of drug-likeness (QED) is 0.681. The van der Waals surface area contributed by atoms with Gasteiger partial charge in [-0.15, -0.1) is 0 Å². The zero-order chi connectivity index (χ0) is 15.2. The SMILES string of the molecule is NC(CCC(=O)NC(CC(=O)O)C1CC1)c1ccccc1. The van der Waals surface area contributed by atoms with Gasteiger partial charge in [0.1, 0.15) is 0 Å². The number of hydrogen-bond donors (Lipinski definition) is 3. The Balaban J connectivity index is 1.77. The van der Waals surface area contributed by atoms with Gasteiger partial charge in [0, 0.05) is 18.5 Å². The Morgan fingerprint density at radius 3 is 2.52 bits per heavy atom. The summed E-state index contributed by atoms with van der Waals surface area (Å²) in [5.74, 6) is -0.652. The van der Waals surface area contributed by atoms with Crippen molar-refractivity contribution in [3.8, 4) is 0 Å². The van der Waals surface area contributed by atoms with Crippen molar-refractivity contribution in [1.82, 2.24) is 5.32 Å². The molecule has 114 valence electrons. The first kappa shape index (κ1) is 15.5. The highest BCUT2D eigenvalue weighted by Gasteiger charge is 2.33. The summed E-state index contributed by atoms with van der Waals surface area (Å²) in [6, 6.07) is 9.25. The lowest BCUT2D eigenvalue weighted by atomic mass is 10.0. The van der Waals surface area contributed by atoms with Crippen molar-refractivity contribution in [3.63, 3.8) is 0 Å². The first-order valence-corrected chi connectivity index (χ1v) is 7.38. The van der Waals surface area contributed by atoms with Crippen LogP contribution in [0.5, 0.6) is 0 Å². The van der Waals surface area contributed by atoms with Crippen molar-refractivity contribution in [2.24, 2.45) is 11.7 Å². The summed E-state index contributed by atoms with van der Waals surface area (Å²) in [7, 11) is 0. The van der Waals surface area contributed by atoms with E-state index in [2.05, 4.69) is 5.32 Å². The molecule has 1 amide bonds. The molecule has 5 nitrogen and oxygen atoms in total. The fraction of sp³-hybridized carbons (Fsp3) is 0.500. The minimum absolute atomic E-state index is 0.00114. The molecule has 21 heavy (non-hydrogen) atoms. The summed E-state index contributed by atoms with van der Waals surface area (Å²) in [5, 5.41) is 11.7. The Morgan fingerprint density at radius 2 is 1.95 bits per heavy atom. The first-order valence-electron chi connectivity index (χ1n) is 7.38. The molecule has 2 unspecified atom stereocenters. The Kier molecular flexibility index (Phi) is 5.33. The Labute approximate surface area is 124 Å². The number of nitrogens with one attached hydrogen (secondary N) is 1. The van der Waals surface area contributed by atoms with E-state index < -0.39 is 5.97 Å². The van der Waals surface area contributed by atoms with Crippen LogP contribution in [0.25, 0.3) is 0 Å². The minimum atomic E-state index is -0.867. The molecule has 0 radical (unpaired) electrons. The van der Waals surface area contributed by atoms with Gasteiger partial charge in [-0.05, 0) is 30.7 Å². The van der Waals surface area contributed by atoms with Gasteiger partial charge in [0.25, 0.3) is 0 Å². The number of carboxylic acids is 1. The van der Waals surface area contributed by atoms with Crippen LogP contribution in [-0.2, 0) is 9.59 Å². The zero-order valence-electron chi connectivity index (χ0n) is 12.0. The molecule has 0 bridgehead atoms. The average molecular weight is 290 g/mol. The third-order valence-corrected chi connectivity index (χ3v) is 3.84. The predicted molar refractivity (Wildman–Crippen MR) is 79.5 cm³/mol. The monoisotopic (exact) mass is 290 g/mol. The van der Waals surface area contributed by atoms with Gasteiger partial charge in [0.15, 0.2) is 0 Å². The van der Waals surface area contributed by atoms with Crippen molar-refractivity contribution in [2.45, 2.75) is 44.2 Å². The summed E-state index contributed by atoms with van der Waals surface area (Å²) < 4.78 is 0. The minimum Gasteiger partial charge on any atom is -0.481 e. The van der Waals surface area contributed by atoms with Crippen molar-refractivity contribution < 1.29 is 14.7 Å². The lowest BCUT2D eigenvalue weighted by Crippen LogP contribution is -2.38. The van der Waals surface area contributed by atoms with Crippen LogP contribution in [0, 0.1) is 5.92 Å². The molecule has 0 spiro atoms. The maximum atomic E-state index is 11.9. The van der Waals surface area contributed by atoms with Crippen molar-refractivity contribution in [3.05, 3.63) is 35.9 Å². The molecule has 1 aromatic carbocycles. The largest absolute Gasteiger partial charge is 0.481 e. The van der Waals surface area contributed by atoms with E-state index in [1.807, 2.05) is 30.3 Å². The Bertz CT molecular complexity index is 486. The van der Waals surface area contributed by atoms with Crippen molar-refractivity contribution in [1.29, 1.82) is 0 Å². The highest BCUT2D eigenvalue weighted by atomic mass is 16.4. The molecule has 1 fully saturated rings. The number of carbonyl (C=O) groups is 2. The van der Waals surface area contributed by atoms with Gasteiger partial charge in [0.05, 0.1) is 6.42 Å². The van der Waals surface area contributed by atoms with Gasteiger partial charge in [-0.3, -0.25) is 9.59 Å². The number of rotatable bonds is 8. The smallest absolute Gasteiger partial charge is 0.305 e. The van der Waals surface area contributed by atoms with E-state index in [0.29, 0.717) is 18.8 Å². The second-order valence-corrected chi connectivity index (χ2v) is 5.67. The molecule has 5 heteroatoms. The molecule has 2 rings (SSSR count). The van der Waals surface area contributed by atoms with Gasteiger partial charge in [0.2, 0.25) is 5.91 Å². The second-order valence-electron chi connectivity index (χ2n) is 5.67. The van der Waals surface area contributed by atoms with E-state index in [0.717, 1.165) is 18.4 Å². The van der Waals surface area contributed by atoms with E-state index in [4.69, 9.17) is 10.8 Å². The number of nitrogens with two attached hydrogens (primary N) is 1. The Hall–Kier alpha value is -1.88. The van der Waals surface area contributed by atoms with Crippen LogP contribution in [0.2, 0.25) is 0 Å². The number of amides is 1. The van der Waals surface area contributed by atoms with Crippen LogP contribution in [0.15, 0.2) is 30.3 Å². The van der Waals surface area contributed by atoms with Crippen LogP contribution >= 0.6 is 0 Å². The zero-order valence-corrected chi connectivity index (χ0v) is 12.0. The average Bonchev–Trinajstić information content (AvgIpc) is 3.29. The molecule has 0 aliphatic heterocycles. The molecule has 0 saturated heterocycles. The summed E-state index contributed by atoms with van der Waals surface area (Å²) in [4.78, 5) is 22.7. The number of aliphatic carboxylic acids is 1. The molecule has 4 N–H and O–H groups in total. The molecule has 1 aliphatic rings. The summed E-state index contributed by atoms with van der Waals surface area (Å²) in [6.45, 7) is 0. The third kappa shape index (κ3) is 5.19. The highest BCUT2D eigenvalue weighted by Crippen LogP contribution is 2.34. The number of hydrogen-bond acceptors (Lipinski definition) is 3. The maximum absolute atomic E-state index is 11.9. The number of benzene rings is 1. The Morgan fingerprint density at radius 1 is 1.29 bits per heavy atom. The lowest BCUT2D eigenvalue weighted by molar-refractivity contribution is -0.137. The fourth-order valence-corrected chi connectivity index (χ4v) is 2.45. The van der Waals surface area contributed by atoms with Gasteiger partial charge >= 0.3 is 5.97 Å². The molecule has 2 atom stereocenters. The van der Waals surface area contributed by atoms with Crippen molar-refractivity contribution >= 4 is 11.9 Å². The maximum Gasteiger partial charge on any atom is 0.305 e. The number of carbonyl (C=O) groups excluding carboxylic acids is 1. The van der Waals surface area contributed by atoms with Gasteiger partial charge in [-0.1, -0.05) is 30.3 Å². The standard InChI is InChI=1S/C16H22N2O3/c17-13(11-4-2-1-3-5-11)8-9-15(19)18-14(10-16(20)21)12-6-7-12/h1-5,12-14H,6-10,17H2,(H,18,19)(H,20,21). The second kappa shape index (κ2) is 7.22. The summed E-state index contributed by atoms with van der Waals surface area (Å²) >= 11 is 0. The fourth-order valence-electron chi connectivity index (χ4n) is 2.45. The van der Waals surface area contributed by atoms with Gasteiger partial charge in [-0.25, -0.2) is 0 Å². The molecule has 1 saturated carbocycles. The highest BCUT2D eigenvalue weighted by molar-refractivity contribution is 5.77. The molecule has 0 heterocycles. The van der Waals surface area contributed by atoms with Crippen LogP contribution < -0.4 is 11.1 Å². The summed E-state index contributed by atoms with van der Waals surface area (Å²) in [6.07, 6.45) is 2.88. The molecular formula is C16H22N2O3. The van der Waals surface area contributed by atoms with Crippen LogP contribution in [0.3, 0.4) is 0 Å². The van der Waals surface area contributed by atoms with Crippen LogP contribution in [0.1, 0.15) is 43.7 Å². The van der Waals surface area contributed by atoms with E-state index in [1.165, 1.54) is 0 Å². The molecule has 1 aliphatic carbocycles. The molecular weight excluding hydrogens is 268 g/mol. The first-order chi connectivity index (χ1) is 10.1. The van der Waals surface area contributed by atoms with E-state index in [9.17, 15) is 9.59 Å². The van der Waals surface area contributed by atoms with Crippen molar-refractivity contribution in [2.75, 3.05) is 0 Å². The third-order valence-electron chi connectivity index (χ3n) is 3.84. The topological polar surface area (TPSA) is 92.4 Å². The van der Waals surface area contributed by atoms with E-state index in [1.54, 1.807) is 0 Å². The van der Waals surface area contributed by atoms with Crippen LogP contribution in [-0.4, -0.2) is 23.0 Å². The van der Waals surface area contributed by atoms with Crippen LogP contribution in [0.4, 0.5) is 0 Å².